The molecule has 17 heavy (non-hydrogen) atoms. The van der Waals surface area contributed by atoms with Gasteiger partial charge >= 0.3 is 0 Å². The van der Waals surface area contributed by atoms with Crippen molar-refractivity contribution in [2.45, 2.75) is 0 Å². The van der Waals surface area contributed by atoms with E-state index in [2.05, 4.69) is 4.98 Å². The van der Waals surface area contributed by atoms with Crippen LogP contribution in [0.5, 0.6) is 11.6 Å². The molecule has 0 aliphatic rings. The van der Waals surface area contributed by atoms with Gasteiger partial charge in [-0.05, 0) is 30.3 Å². The molecule has 2 aromatic rings. The normalized spacial score (nSPS) is 9.94. The molecule has 4 nitrogen and oxygen atoms in total. The van der Waals surface area contributed by atoms with Crippen LogP contribution in [0.4, 0.5) is 0 Å². The van der Waals surface area contributed by atoms with Gasteiger partial charge in [0.05, 0.1) is 5.56 Å². The van der Waals surface area contributed by atoms with Gasteiger partial charge in [-0.2, -0.15) is 0 Å². The molecule has 1 aromatic heterocycles. The molecule has 86 valence electrons. The first kappa shape index (κ1) is 11.4. The van der Waals surface area contributed by atoms with Gasteiger partial charge < -0.3 is 10.5 Å². The largest absolute Gasteiger partial charge is 0.438 e. The summed E-state index contributed by atoms with van der Waals surface area (Å²) in [6.45, 7) is 0. The number of hydrogen-bond donors (Lipinski definition) is 2. The molecule has 1 aromatic carbocycles. The third-order valence-corrected chi connectivity index (χ3v) is 2.31. The number of halogens is 1. The lowest BCUT2D eigenvalue weighted by atomic mass is 10.2. The number of amidine groups is 1. The molecule has 2 rings (SSSR count). The van der Waals surface area contributed by atoms with Gasteiger partial charge in [0.2, 0.25) is 5.88 Å². The summed E-state index contributed by atoms with van der Waals surface area (Å²) in [5.74, 6) is 0.760. The molecule has 0 atom stereocenters. The fraction of sp³-hybridized carbons (Fsp3) is 0. The van der Waals surface area contributed by atoms with E-state index >= 15 is 0 Å². The molecule has 0 spiro atoms. The number of ether oxygens (including phenoxy) is 1. The van der Waals surface area contributed by atoms with E-state index in [9.17, 15) is 0 Å². The first-order valence-electron chi connectivity index (χ1n) is 4.89. The van der Waals surface area contributed by atoms with Crippen LogP contribution in [0, 0.1) is 5.41 Å². The van der Waals surface area contributed by atoms with Gasteiger partial charge in [-0.25, -0.2) is 4.98 Å². The van der Waals surface area contributed by atoms with Crippen molar-refractivity contribution in [3.05, 3.63) is 53.2 Å². The van der Waals surface area contributed by atoms with Crippen LogP contribution in [0.1, 0.15) is 5.56 Å². The maximum atomic E-state index is 7.42. The first-order chi connectivity index (χ1) is 8.16. The smallest absolute Gasteiger partial charge is 0.230 e. The number of nitrogens with one attached hydrogen (secondary N) is 1. The highest BCUT2D eigenvalue weighted by Crippen LogP contribution is 2.24. The summed E-state index contributed by atoms with van der Waals surface area (Å²) in [6, 6.07) is 10.3. The lowest BCUT2D eigenvalue weighted by Gasteiger charge is -2.08. The monoisotopic (exact) mass is 247 g/mol. The highest BCUT2D eigenvalue weighted by atomic mass is 35.5. The molecule has 1 heterocycles. The average molecular weight is 248 g/mol. The first-order valence-corrected chi connectivity index (χ1v) is 5.27. The summed E-state index contributed by atoms with van der Waals surface area (Å²) in [5, 5.41) is 7.99. The average Bonchev–Trinajstić information content (AvgIpc) is 2.29. The number of pyridine rings is 1. The fourth-order valence-electron chi connectivity index (χ4n) is 1.32. The van der Waals surface area contributed by atoms with Crippen molar-refractivity contribution in [1.82, 2.24) is 4.98 Å². The van der Waals surface area contributed by atoms with E-state index in [0.717, 1.165) is 0 Å². The highest BCUT2D eigenvalue weighted by Gasteiger charge is 2.08. The third-order valence-electron chi connectivity index (χ3n) is 2.07. The number of aromatic nitrogens is 1. The van der Waals surface area contributed by atoms with E-state index in [1.807, 2.05) is 0 Å². The lowest BCUT2D eigenvalue weighted by Crippen LogP contribution is -2.12. The zero-order valence-corrected chi connectivity index (χ0v) is 9.61. The molecule has 0 unspecified atom stereocenters. The Hall–Kier alpha value is -2.07. The quantitative estimate of drug-likeness (QED) is 0.647. The van der Waals surface area contributed by atoms with E-state index in [1.165, 1.54) is 0 Å². The van der Waals surface area contributed by atoms with Gasteiger partial charge in [0.25, 0.3) is 0 Å². The highest BCUT2D eigenvalue weighted by molar-refractivity contribution is 6.30. The molecule has 0 aliphatic carbocycles. The van der Waals surface area contributed by atoms with E-state index < -0.39 is 0 Å². The van der Waals surface area contributed by atoms with Crippen molar-refractivity contribution in [1.29, 1.82) is 5.41 Å². The summed E-state index contributed by atoms with van der Waals surface area (Å²) in [5.41, 5.74) is 5.89. The van der Waals surface area contributed by atoms with Crippen LogP contribution in [0.15, 0.2) is 42.6 Å². The minimum Gasteiger partial charge on any atom is -0.438 e. The predicted molar refractivity (Wildman–Crippen MR) is 66.8 cm³/mol. The van der Waals surface area contributed by atoms with Crippen LogP contribution in [0.3, 0.4) is 0 Å². The lowest BCUT2D eigenvalue weighted by molar-refractivity contribution is 0.462. The molecule has 3 N–H and O–H groups in total. The molecule has 0 radical (unpaired) electrons. The van der Waals surface area contributed by atoms with E-state index in [1.54, 1.807) is 42.6 Å². The zero-order chi connectivity index (χ0) is 12.3. The second-order valence-electron chi connectivity index (χ2n) is 3.33. The van der Waals surface area contributed by atoms with Gasteiger partial charge in [-0.1, -0.05) is 17.7 Å². The third kappa shape index (κ3) is 2.73. The second-order valence-corrected chi connectivity index (χ2v) is 3.77. The maximum absolute atomic E-state index is 7.42. The van der Waals surface area contributed by atoms with Gasteiger partial charge in [-0.15, -0.1) is 0 Å². The Bertz CT molecular complexity index is 557. The molecular weight excluding hydrogens is 238 g/mol. The maximum Gasteiger partial charge on any atom is 0.230 e. The Labute approximate surface area is 104 Å². The molecule has 0 saturated carbocycles. The summed E-state index contributed by atoms with van der Waals surface area (Å²) < 4.78 is 5.54. The van der Waals surface area contributed by atoms with Crippen molar-refractivity contribution in [3.8, 4) is 11.6 Å². The number of nitrogens with zero attached hydrogens (tertiary/aromatic N) is 1. The van der Waals surface area contributed by atoms with E-state index in [0.29, 0.717) is 22.2 Å². The van der Waals surface area contributed by atoms with Crippen LogP contribution < -0.4 is 10.5 Å². The number of nitrogens with two attached hydrogens (primary N) is 1. The van der Waals surface area contributed by atoms with E-state index in [-0.39, 0.29) is 5.84 Å². The molecule has 0 fully saturated rings. The summed E-state index contributed by atoms with van der Waals surface area (Å²) in [7, 11) is 0. The number of rotatable bonds is 3. The molecule has 5 heteroatoms. The number of hydrogen-bond acceptors (Lipinski definition) is 3. The van der Waals surface area contributed by atoms with Crippen LogP contribution in [0.25, 0.3) is 0 Å². The Kier molecular flexibility index (Phi) is 3.25. The standard InChI is InChI=1S/C12H10ClN3O/c13-8-3-1-4-9(7-8)17-12-10(11(14)15)5-2-6-16-12/h1-7H,(H3,14,15). The Morgan fingerprint density at radius 3 is 2.82 bits per heavy atom. The summed E-state index contributed by atoms with van der Waals surface area (Å²) in [4.78, 5) is 4.04. The van der Waals surface area contributed by atoms with Crippen molar-refractivity contribution < 1.29 is 4.74 Å². The van der Waals surface area contributed by atoms with Crippen LogP contribution in [-0.2, 0) is 0 Å². The molecule has 0 aliphatic heterocycles. The molecule has 0 saturated heterocycles. The van der Waals surface area contributed by atoms with Gasteiger partial charge in [0.15, 0.2) is 0 Å². The Morgan fingerprint density at radius 1 is 1.29 bits per heavy atom. The molecular formula is C12H10ClN3O. The van der Waals surface area contributed by atoms with Crippen LogP contribution >= 0.6 is 11.6 Å². The predicted octanol–water partition coefficient (Wildman–Crippen LogP) is 2.81. The van der Waals surface area contributed by atoms with Crippen LogP contribution in [-0.4, -0.2) is 10.8 Å². The fourth-order valence-corrected chi connectivity index (χ4v) is 1.50. The van der Waals surface area contributed by atoms with Crippen molar-refractivity contribution in [2.24, 2.45) is 5.73 Å². The zero-order valence-electron chi connectivity index (χ0n) is 8.85. The van der Waals surface area contributed by atoms with Crippen LogP contribution in [0.2, 0.25) is 5.02 Å². The SMILES string of the molecule is N=C(N)c1cccnc1Oc1cccc(Cl)c1. The summed E-state index contributed by atoms with van der Waals surface area (Å²) in [6.07, 6.45) is 1.58. The minimum atomic E-state index is -0.0878. The molecule has 0 bridgehead atoms. The van der Waals surface area contributed by atoms with Gasteiger partial charge in [-0.3, -0.25) is 5.41 Å². The number of nitrogen functional groups attached to an aromatic ring is 1. The topological polar surface area (TPSA) is 72.0 Å². The van der Waals surface area contributed by atoms with Gasteiger partial charge in [0, 0.05) is 11.2 Å². The Morgan fingerprint density at radius 2 is 2.12 bits per heavy atom. The van der Waals surface area contributed by atoms with Crippen molar-refractivity contribution in [3.63, 3.8) is 0 Å². The Balaban J connectivity index is 2.33. The summed E-state index contributed by atoms with van der Waals surface area (Å²) >= 11 is 5.85. The second kappa shape index (κ2) is 4.84. The number of benzene rings is 1. The van der Waals surface area contributed by atoms with Crippen molar-refractivity contribution >= 4 is 17.4 Å². The minimum absolute atomic E-state index is 0.0878. The van der Waals surface area contributed by atoms with E-state index in [4.69, 9.17) is 27.5 Å². The van der Waals surface area contributed by atoms with Crippen molar-refractivity contribution in [2.75, 3.05) is 0 Å². The molecule has 0 amide bonds. The van der Waals surface area contributed by atoms with Gasteiger partial charge in [0.1, 0.15) is 11.6 Å².